The van der Waals surface area contributed by atoms with E-state index < -0.39 is 5.60 Å². The lowest BCUT2D eigenvalue weighted by Gasteiger charge is -2.29. The number of carbonyl (C=O) groups excluding carboxylic acids is 2. The zero-order valence-corrected chi connectivity index (χ0v) is 15.4. The molecule has 0 aromatic heterocycles. The van der Waals surface area contributed by atoms with E-state index in [1.54, 1.807) is 0 Å². The van der Waals surface area contributed by atoms with Crippen LogP contribution in [0.15, 0.2) is 0 Å². The number of carbonyl (C=O) groups is 2. The molecule has 0 aliphatic heterocycles. The van der Waals surface area contributed by atoms with Gasteiger partial charge in [-0.2, -0.15) is 0 Å². The molecule has 4 heteroatoms. The Labute approximate surface area is 141 Å². The number of esters is 2. The number of hydrogen-bond donors (Lipinski definition) is 0. The third kappa shape index (κ3) is 8.38. The second kappa shape index (κ2) is 9.94. The molecule has 4 nitrogen and oxygen atoms in total. The van der Waals surface area contributed by atoms with Crippen LogP contribution in [0.2, 0.25) is 0 Å². The molecule has 2 atom stereocenters. The molecule has 0 heterocycles. The number of rotatable bonds is 8. The van der Waals surface area contributed by atoms with Crippen LogP contribution < -0.4 is 0 Å². The highest BCUT2D eigenvalue weighted by Crippen LogP contribution is 2.31. The van der Waals surface area contributed by atoms with Crippen molar-refractivity contribution >= 4 is 11.9 Å². The molecule has 1 aliphatic carbocycles. The summed E-state index contributed by atoms with van der Waals surface area (Å²) < 4.78 is 10.8. The Hall–Kier alpha value is -1.06. The van der Waals surface area contributed by atoms with Crippen molar-refractivity contribution in [2.45, 2.75) is 91.1 Å². The lowest BCUT2D eigenvalue weighted by Crippen LogP contribution is -2.33. The maximum absolute atomic E-state index is 12.2. The fourth-order valence-electron chi connectivity index (χ4n) is 3.00. The van der Waals surface area contributed by atoms with Crippen molar-refractivity contribution in [2.24, 2.45) is 11.8 Å². The maximum Gasteiger partial charge on any atom is 0.309 e. The topological polar surface area (TPSA) is 52.6 Å². The Balaban J connectivity index is 2.30. The minimum absolute atomic E-state index is 0.131. The molecule has 134 valence electrons. The molecule has 1 saturated carbocycles. The largest absolute Gasteiger partial charge is 0.465 e. The highest BCUT2D eigenvalue weighted by molar-refractivity contribution is 5.76. The monoisotopic (exact) mass is 326 g/mol. The molecule has 1 aliphatic rings. The molecule has 1 fully saturated rings. The summed E-state index contributed by atoms with van der Waals surface area (Å²) in [6, 6.07) is 0. The fourth-order valence-corrected chi connectivity index (χ4v) is 3.00. The second-order valence-electron chi connectivity index (χ2n) is 7.68. The first kappa shape index (κ1) is 20.0. The summed E-state index contributed by atoms with van der Waals surface area (Å²) in [5.74, 6) is -0.606. The van der Waals surface area contributed by atoms with Gasteiger partial charge in [-0.15, -0.1) is 0 Å². The van der Waals surface area contributed by atoms with Crippen molar-refractivity contribution in [1.29, 1.82) is 0 Å². The molecular formula is C19H34O4. The van der Waals surface area contributed by atoms with Crippen LogP contribution in [-0.4, -0.2) is 24.1 Å². The van der Waals surface area contributed by atoms with Gasteiger partial charge in [-0.3, -0.25) is 9.59 Å². The summed E-state index contributed by atoms with van der Waals surface area (Å²) in [5.41, 5.74) is -0.469. The second-order valence-corrected chi connectivity index (χ2v) is 7.68. The predicted octanol–water partition coefficient (Wildman–Crippen LogP) is 4.65. The molecule has 0 amide bonds. The Bertz CT molecular complexity index is 370. The van der Waals surface area contributed by atoms with Crippen LogP contribution in [-0.2, 0) is 19.1 Å². The van der Waals surface area contributed by atoms with Gasteiger partial charge in [0.1, 0.15) is 5.60 Å². The van der Waals surface area contributed by atoms with Gasteiger partial charge in [-0.1, -0.05) is 39.0 Å². The van der Waals surface area contributed by atoms with E-state index >= 15 is 0 Å². The van der Waals surface area contributed by atoms with Crippen molar-refractivity contribution < 1.29 is 19.1 Å². The van der Waals surface area contributed by atoms with E-state index in [1.807, 2.05) is 20.8 Å². The Kier molecular flexibility index (Phi) is 8.64. The van der Waals surface area contributed by atoms with E-state index in [-0.39, 0.29) is 23.8 Å². The van der Waals surface area contributed by atoms with Gasteiger partial charge >= 0.3 is 11.9 Å². The molecule has 0 N–H and O–H groups in total. The summed E-state index contributed by atoms with van der Waals surface area (Å²) in [7, 11) is 0. The Morgan fingerprint density at radius 1 is 0.957 bits per heavy atom. The summed E-state index contributed by atoms with van der Waals surface area (Å²) in [4.78, 5) is 24.3. The van der Waals surface area contributed by atoms with Crippen molar-refractivity contribution in [3.05, 3.63) is 0 Å². The summed E-state index contributed by atoms with van der Waals surface area (Å²) >= 11 is 0. The van der Waals surface area contributed by atoms with Crippen molar-refractivity contribution in [3.8, 4) is 0 Å². The molecule has 1 rings (SSSR count). The normalized spacial score (nSPS) is 21.7. The van der Waals surface area contributed by atoms with Gasteiger partial charge in [0.15, 0.2) is 0 Å². The average molecular weight is 326 g/mol. The van der Waals surface area contributed by atoms with Crippen molar-refractivity contribution in [3.63, 3.8) is 0 Å². The molecule has 0 aromatic rings. The van der Waals surface area contributed by atoms with Gasteiger partial charge in [0.25, 0.3) is 0 Å². The number of unbranched alkanes of at least 4 members (excludes halogenated alkanes) is 4. The quantitative estimate of drug-likeness (QED) is 0.481. The molecule has 2 unspecified atom stereocenters. The lowest BCUT2D eigenvalue weighted by molar-refractivity contribution is -0.163. The van der Waals surface area contributed by atoms with Crippen LogP contribution >= 0.6 is 0 Å². The zero-order valence-electron chi connectivity index (χ0n) is 15.4. The van der Waals surface area contributed by atoms with E-state index in [1.165, 1.54) is 19.3 Å². The molecule has 0 bridgehead atoms. The fraction of sp³-hybridized carbons (Fsp3) is 0.895. The SMILES string of the molecule is CCCCCCCOC(=O)C1CCCC(C(=O)OC(C)(C)C)C1. The van der Waals surface area contributed by atoms with Gasteiger partial charge in [-0.05, 0) is 46.5 Å². The smallest absolute Gasteiger partial charge is 0.309 e. The molecule has 0 spiro atoms. The van der Waals surface area contributed by atoms with Crippen LogP contribution in [0.4, 0.5) is 0 Å². The minimum atomic E-state index is -0.469. The lowest BCUT2D eigenvalue weighted by atomic mass is 9.81. The molecule has 0 saturated heterocycles. The van der Waals surface area contributed by atoms with Crippen LogP contribution in [0.3, 0.4) is 0 Å². The first-order chi connectivity index (χ1) is 10.8. The first-order valence-corrected chi connectivity index (χ1v) is 9.23. The molecule has 0 aromatic carbocycles. The van der Waals surface area contributed by atoms with E-state index in [0.717, 1.165) is 32.1 Å². The molecule has 0 radical (unpaired) electrons. The summed E-state index contributed by atoms with van der Waals surface area (Å²) in [6.07, 6.45) is 8.83. The van der Waals surface area contributed by atoms with Crippen LogP contribution in [0.1, 0.15) is 85.5 Å². The van der Waals surface area contributed by atoms with Crippen molar-refractivity contribution in [2.75, 3.05) is 6.61 Å². The number of hydrogen-bond acceptors (Lipinski definition) is 4. The Morgan fingerprint density at radius 2 is 1.57 bits per heavy atom. The average Bonchev–Trinajstić information content (AvgIpc) is 2.49. The minimum Gasteiger partial charge on any atom is -0.465 e. The Morgan fingerprint density at radius 3 is 2.17 bits per heavy atom. The van der Waals surface area contributed by atoms with Gasteiger partial charge < -0.3 is 9.47 Å². The van der Waals surface area contributed by atoms with E-state index in [4.69, 9.17) is 9.47 Å². The third-order valence-corrected chi connectivity index (χ3v) is 4.24. The standard InChI is InChI=1S/C19H34O4/c1-5-6-7-8-9-13-22-17(20)15-11-10-12-16(14-15)18(21)23-19(2,3)4/h15-16H,5-14H2,1-4H3. The van der Waals surface area contributed by atoms with E-state index in [0.29, 0.717) is 13.0 Å². The van der Waals surface area contributed by atoms with E-state index in [9.17, 15) is 9.59 Å². The van der Waals surface area contributed by atoms with Gasteiger partial charge in [-0.25, -0.2) is 0 Å². The summed E-state index contributed by atoms with van der Waals surface area (Å²) in [6.45, 7) is 8.31. The number of ether oxygens (including phenoxy) is 2. The highest BCUT2D eigenvalue weighted by atomic mass is 16.6. The molecule has 23 heavy (non-hydrogen) atoms. The molecular weight excluding hydrogens is 292 g/mol. The third-order valence-electron chi connectivity index (χ3n) is 4.24. The van der Waals surface area contributed by atoms with E-state index in [2.05, 4.69) is 6.92 Å². The summed E-state index contributed by atoms with van der Waals surface area (Å²) in [5, 5.41) is 0. The zero-order chi connectivity index (χ0) is 17.3. The van der Waals surface area contributed by atoms with Crippen LogP contribution in [0.25, 0.3) is 0 Å². The first-order valence-electron chi connectivity index (χ1n) is 9.23. The predicted molar refractivity (Wildman–Crippen MR) is 91.0 cm³/mol. The van der Waals surface area contributed by atoms with Gasteiger partial charge in [0, 0.05) is 0 Å². The highest BCUT2D eigenvalue weighted by Gasteiger charge is 2.34. The van der Waals surface area contributed by atoms with Crippen molar-refractivity contribution in [1.82, 2.24) is 0 Å². The van der Waals surface area contributed by atoms with Crippen LogP contribution in [0, 0.1) is 11.8 Å². The van der Waals surface area contributed by atoms with Crippen LogP contribution in [0.5, 0.6) is 0 Å². The van der Waals surface area contributed by atoms with Gasteiger partial charge in [0.05, 0.1) is 18.4 Å². The maximum atomic E-state index is 12.2. The van der Waals surface area contributed by atoms with Gasteiger partial charge in [0.2, 0.25) is 0 Å².